The lowest BCUT2D eigenvalue weighted by Gasteiger charge is -2.23. The molecule has 0 bridgehead atoms. The van der Waals surface area contributed by atoms with Crippen LogP contribution in [0, 0.1) is 0 Å². The third kappa shape index (κ3) is 4.58. The van der Waals surface area contributed by atoms with Gasteiger partial charge in [-0.3, -0.25) is 4.79 Å². The van der Waals surface area contributed by atoms with Gasteiger partial charge in [-0.1, -0.05) is 0 Å². The predicted octanol–water partition coefficient (Wildman–Crippen LogP) is 0.780. The van der Waals surface area contributed by atoms with Gasteiger partial charge in [-0.2, -0.15) is 0 Å². The molecule has 0 saturated heterocycles. The molecule has 1 aromatic heterocycles. The minimum atomic E-state index is -0.00220. The predicted molar refractivity (Wildman–Crippen MR) is 72.5 cm³/mol. The zero-order valence-corrected chi connectivity index (χ0v) is 12.3. The molecule has 18 heavy (non-hydrogen) atoms. The van der Waals surface area contributed by atoms with Gasteiger partial charge in [0, 0.05) is 40.1 Å². The highest BCUT2D eigenvalue weighted by Gasteiger charge is 2.15. The molecule has 100 valence electrons. The molecular weight excluding hydrogens is 300 g/mol. The summed E-state index contributed by atoms with van der Waals surface area (Å²) in [6, 6.07) is 0. The van der Waals surface area contributed by atoms with E-state index in [1.165, 1.54) is 0 Å². The lowest BCUT2D eigenvalue weighted by Crippen LogP contribution is -2.39. The van der Waals surface area contributed by atoms with Gasteiger partial charge in [-0.15, -0.1) is 0 Å². The molecule has 1 amide bonds. The van der Waals surface area contributed by atoms with Crippen LogP contribution < -0.4 is 4.90 Å². The molecule has 0 unspecified atom stereocenters. The van der Waals surface area contributed by atoms with E-state index in [9.17, 15) is 4.79 Å². The van der Waals surface area contributed by atoms with Crippen molar-refractivity contribution in [2.24, 2.45) is 0 Å². The summed E-state index contributed by atoms with van der Waals surface area (Å²) in [7, 11) is 5.06. The summed E-state index contributed by atoms with van der Waals surface area (Å²) in [6.45, 7) is 1.32. The fourth-order valence-electron chi connectivity index (χ4n) is 1.22. The Labute approximate surface area is 115 Å². The SMILES string of the molecule is COCCN(CC(=O)N(C)C)c1ncc(Br)cn1. The number of halogens is 1. The molecule has 0 saturated carbocycles. The first-order valence-corrected chi connectivity index (χ1v) is 6.25. The molecule has 1 aromatic rings. The van der Waals surface area contributed by atoms with Crippen molar-refractivity contribution >= 4 is 27.8 Å². The van der Waals surface area contributed by atoms with Crippen LogP contribution in [0.1, 0.15) is 0 Å². The maximum absolute atomic E-state index is 11.7. The molecule has 1 rings (SSSR count). The number of hydrogen-bond acceptors (Lipinski definition) is 5. The van der Waals surface area contributed by atoms with Gasteiger partial charge < -0.3 is 14.5 Å². The molecule has 0 spiro atoms. The Morgan fingerprint density at radius 2 is 2.00 bits per heavy atom. The van der Waals surface area contributed by atoms with Gasteiger partial charge in [0.2, 0.25) is 11.9 Å². The second-order valence-corrected chi connectivity index (χ2v) is 4.82. The monoisotopic (exact) mass is 316 g/mol. The zero-order valence-electron chi connectivity index (χ0n) is 10.8. The van der Waals surface area contributed by atoms with Gasteiger partial charge >= 0.3 is 0 Å². The highest BCUT2D eigenvalue weighted by molar-refractivity contribution is 9.10. The van der Waals surface area contributed by atoms with Crippen LogP contribution in [0.3, 0.4) is 0 Å². The highest BCUT2D eigenvalue weighted by Crippen LogP contribution is 2.10. The van der Waals surface area contributed by atoms with E-state index in [1.54, 1.807) is 43.4 Å². The van der Waals surface area contributed by atoms with Gasteiger partial charge in [0.15, 0.2) is 0 Å². The van der Waals surface area contributed by atoms with E-state index in [0.717, 1.165) is 4.47 Å². The summed E-state index contributed by atoms with van der Waals surface area (Å²) in [6.07, 6.45) is 3.31. The molecule has 0 N–H and O–H groups in total. The molecule has 0 radical (unpaired) electrons. The van der Waals surface area contributed by atoms with E-state index >= 15 is 0 Å². The Bertz CT molecular complexity index is 383. The van der Waals surface area contributed by atoms with Crippen molar-refractivity contribution in [1.29, 1.82) is 0 Å². The normalized spacial score (nSPS) is 10.2. The number of ether oxygens (including phenoxy) is 1. The maximum Gasteiger partial charge on any atom is 0.241 e. The summed E-state index contributed by atoms with van der Waals surface area (Å²) < 4.78 is 5.83. The molecular formula is C11H17BrN4O2. The first kappa shape index (κ1) is 14.8. The van der Waals surface area contributed by atoms with Crippen LogP contribution >= 0.6 is 15.9 Å². The fourth-order valence-corrected chi connectivity index (χ4v) is 1.43. The fraction of sp³-hybridized carbons (Fsp3) is 0.545. The second-order valence-electron chi connectivity index (χ2n) is 3.90. The molecule has 0 aliphatic carbocycles. The van der Waals surface area contributed by atoms with Crippen LogP contribution in [0.25, 0.3) is 0 Å². The summed E-state index contributed by atoms with van der Waals surface area (Å²) in [5, 5.41) is 0. The van der Waals surface area contributed by atoms with Crippen LogP contribution in [0.15, 0.2) is 16.9 Å². The topological polar surface area (TPSA) is 58.6 Å². The van der Waals surface area contributed by atoms with Crippen molar-refractivity contribution in [2.45, 2.75) is 0 Å². The number of carbonyl (C=O) groups is 1. The van der Waals surface area contributed by atoms with Crippen LogP contribution in [0.5, 0.6) is 0 Å². The number of methoxy groups -OCH3 is 1. The summed E-state index contributed by atoms with van der Waals surface area (Å²) in [5.74, 6) is 0.517. The Morgan fingerprint density at radius 3 is 2.50 bits per heavy atom. The number of hydrogen-bond donors (Lipinski definition) is 0. The lowest BCUT2D eigenvalue weighted by atomic mass is 10.4. The van der Waals surface area contributed by atoms with Crippen molar-refractivity contribution in [3.05, 3.63) is 16.9 Å². The number of nitrogens with zero attached hydrogens (tertiary/aromatic N) is 4. The van der Waals surface area contributed by atoms with Crippen molar-refractivity contribution in [2.75, 3.05) is 45.8 Å². The number of amides is 1. The summed E-state index contributed by atoms with van der Waals surface area (Å²) in [5.41, 5.74) is 0. The second kappa shape index (κ2) is 7.27. The van der Waals surface area contributed by atoms with Crippen LogP contribution in [0.4, 0.5) is 5.95 Å². The van der Waals surface area contributed by atoms with E-state index in [-0.39, 0.29) is 12.5 Å². The zero-order chi connectivity index (χ0) is 13.5. The van der Waals surface area contributed by atoms with Crippen molar-refractivity contribution in [1.82, 2.24) is 14.9 Å². The van der Waals surface area contributed by atoms with Crippen molar-refractivity contribution in [3.8, 4) is 0 Å². The van der Waals surface area contributed by atoms with Crippen LogP contribution in [-0.2, 0) is 9.53 Å². The summed E-state index contributed by atoms with van der Waals surface area (Å²) in [4.78, 5) is 23.4. The van der Waals surface area contributed by atoms with E-state index in [2.05, 4.69) is 25.9 Å². The molecule has 0 fully saturated rings. The average Bonchev–Trinajstić information content (AvgIpc) is 2.35. The van der Waals surface area contributed by atoms with Crippen molar-refractivity contribution < 1.29 is 9.53 Å². The van der Waals surface area contributed by atoms with E-state index in [1.807, 2.05) is 0 Å². The molecule has 1 heterocycles. The molecule has 0 aliphatic heterocycles. The average molecular weight is 317 g/mol. The Hall–Kier alpha value is -1.21. The summed E-state index contributed by atoms with van der Waals surface area (Å²) >= 11 is 3.28. The molecule has 0 aromatic carbocycles. The third-order valence-corrected chi connectivity index (χ3v) is 2.69. The Kier molecular flexibility index (Phi) is 6.00. The van der Waals surface area contributed by atoms with Crippen LogP contribution in [0.2, 0.25) is 0 Å². The van der Waals surface area contributed by atoms with E-state index < -0.39 is 0 Å². The van der Waals surface area contributed by atoms with Gasteiger partial charge in [0.1, 0.15) is 0 Å². The van der Waals surface area contributed by atoms with Gasteiger partial charge in [0.25, 0.3) is 0 Å². The molecule has 0 aliphatic rings. The standard InChI is InChI=1S/C11H17BrN4O2/c1-15(2)10(17)8-16(4-5-18-3)11-13-6-9(12)7-14-11/h6-7H,4-5,8H2,1-3H3. The molecule has 6 nitrogen and oxygen atoms in total. The first-order chi connectivity index (χ1) is 8.54. The van der Waals surface area contributed by atoms with Gasteiger partial charge in [-0.25, -0.2) is 9.97 Å². The Morgan fingerprint density at radius 1 is 1.39 bits per heavy atom. The Balaban J connectivity index is 2.77. The maximum atomic E-state index is 11.7. The van der Waals surface area contributed by atoms with Crippen molar-refractivity contribution in [3.63, 3.8) is 0 Å². The molecule has 0 atom stereocenters. The van der Waals surface area contributed by atoms with Crippen LogP contribution in [-0.4, -0.2) is 61.7 Å². The van der Waals surface area contributed by atoms with E-state index in [4.69, 9.17) is 4.74 Å². The first-order valence-electron chi connectivity index (χ1n) is 5.46. The lowest BCUT2D eigenvalue weighted by molar-refractivity contribution is -0.127. The van der Waals surface area contributed by atoms with Gasteiger partial charge in [0.05, 0.1) is 17.6 Å². The number of anilines is 1. The third-order valence-electron chi connectivity index (χ3n) is 2.28. The largest absolute Gasteiger partial charge is 0.383 e. The minimum absolute atomic E-state index is 0.00220. The quantitative estimate of drug-likeness (QED) is 0.776. The number of likely N-dealkylation sites (N-methyl/N-ethyl adjacent to an activating group) is 1. The van der Waals surface area contributed by atoms with E-state index in [0.29, 0.717) is 19.1 Å². The number of aromatic nitrogens is 2. The van der Waals surface area contributed by atoms with Gasteiger partial charge in [-0.05, 0) is 15.9 Å². The minimum Gasteiger partial charge on any atom is -0.383 e. The number of rotatable bonds is 6. The molecule has 7 heteroatoms. The highest BCUT2D eigenvalue weighted by atomic mass is 79.9. The number of carbonyl (C=O) groups excluding carboxylic acids is 1. The smallest absolute Gasteiger partial charge is 0.241 e.